The van der Waals surface area contributed by atoms with Crippen LogP contribution in [0.25, 0.3) is 0 Å². The molecule has 5 heteroatoms. The lowest BCUT2D eigenvalue weighted by molar-refractivity contribution is -0.138. The van der Waals surface area contributed by atoms with Gasteiger partial charge in [0.1, 0.15) is 5.73 Å². The topological polar surface area (TPSA) is 35.5 Å². The van der Waals surface area contributed by atoms with Crippen molar-refractivity contribution in [2.24, 2.45) is 0 Å². The zero-order chi connectivity index (χ0) is 11.1. The van der Waals surface area contributed by atoms with Gasteiger partial charge in [0.05, 0.1) is 9.04 Å². The van der Waals surface area contributed by atoms with E-state index in [1.54, 1.807) is 6.08 Å². The maximum Gasteiger partial charge on any atom is 0.330 e. The summed E-state index contributed by atoms with van der Waals surface area (Å²) in [7, 11) is -1.48. The molecule has 1 saturated heterocycles. The molecule has 0 amide bonds. The minimum absolute atomic E-state index is 0.0646. The minimum atomic E-state index is -1.02. The van der Waals surface area contributed by atoms with Gasteiger partial charge < -0.3 is 9.16 Å². The molecule has 0 aromatic carbocycles. The molecule has 1 aliphatic heterocycles. The highest BCUT2D eigenvalue weighted by Gasteiger charge is 2.22. The van der Waals surface area contributed by atoms with Gasteiger partial charge in [0.2, 0.25) is 0 Å². The first kappa shape index (κ1) is 12.4. The summed E-state index contributed by atoms with van der Waals surface area (Å²) in [6.07, 6.45) is 5.40. The van der Waals surface area contributed by atoms with Crippen LogP contribution in [-0.2, 0) is 14.0 Å². The highest BCUT2D eigenvalue weighted by Crippen LogP contribution is 2.11. The number of carbonyl (C=O) groups excluding carboxylic acids is 1. The molecule has 1 heterocycles. The summed E-state index contributed by atoms with van der Waals surface area (Å²) in [6.45, 7) is 7.99. The Kier molecular flexibility index (Phi) is 5.59. The van der Waals surface area contributed by atoms with Crippen molar-refractivity contribution in [1.82, 2.24) is 0 Å². The van der Waals surface area contributed by atoms with Crippen molar-refractivity contribution in [2.45, 2.75) is 24.6 Å². The molecule has 0 aromatic heterocycles. The minimum Gasteiger partial charge on any atom is -0.460 e. The Labute approximate surface area is 94.5 Å². The molecule has 0 spiro atoms. The van der Waals surface area contributed by atoms with E-state index in [0.717, 1.165) is 6.61 Å². The fourth-order valence-corrected chi connectivity index (χ4v) is 9.30. The van der Waals surface area contributed by atoms with Gasteiger partial charge in [-0.25, -0.2) is 4.79 Å². The van der Waals surface area contributed by atoms with Crippen molar-refractivity contribution < 1.29 is 14.0 Å². The van der Waals surface area contributed by atoms with E-state index >= 15 is 0 Å². The summed E-state index contributed by atoms with van der Waals surface area (Å²) >= 11 is 0. The van der Waals surface area contributed by atoms with Crippen LogP contribution in [0.5, 0.6) is 0 Å². The second-order valence-electron chi connectivity index (χ2n) is 3.64. The molecule has 15 heavy (non-hydrogen) atoms. The molecule has 84 valence electrons. The molecule has 3 nitrogen and oxygen atoms in total. The van der Waals surface area contributed by atoms with Gasteiger partial charge in [-0.15, -0.1) is 0 Å². The summed E-state index contributed by atoms with van der Waals surface area (Å²) in [6, 6.07) is 1.24. The zero-order valence-corrected chi connectivity index (χ0v) is 11.6. The second kappa shape index (κ2) is 6.76. The molecule has 0 saturated carbocycles. The fraction of sp³-hybridized carbons (Fsp3) is 0.500. The predicted molar refractivity (Wildman–Crippen MR) is 66.0 cm³/mol. The van der Waals surface area contributed by atoms with E-state index in [4.69, 9.17) is 9.16 Å². The lowest BCUT2D eigenvalue weighted by Gasteiger charge is -2.23. The second-order valence-corrected chi connectivity index (χ2v) is 11.2. The summed E-state index contributed by atoms with van der Waals surface area (Å²) in [5.74, 6) is -0.350. The average Bonchev–Trinajstić information content (AvgIpc) is 2.29. The van der Waals surface area contributed by atoms with Crippen molar-refractivity contribution >= 4 is 23.6 Å². The third kappa shape index (κ3) is 4.59. The third-order valence-electron chi connectivity index (χ3n) is 2.47. The molecule has 0 aliphatic carbocycles. The lowest BCUT2D eigenvalue weighted by atomic mass is 10.4. The van der Waals surface area contributed by atoms with Gasteiger partial charge in [-0.2, -0.15) is 0 Å². The van der Waals surface area contributed by atoms with Gasteiger partial charge in [0.25, 0.3) is 0 Å². The number of carbonyl (C=O) groups is 1. The van der Waals surface area contributed by atoms with Crippen LogP contribution in [0, 0.1) is 0 Å². The lowest BCUT2D eigenvalue weighted by Crippen LogP contribution is -2.38. The van der Waals surface area contributed by atoms with E-state index in [2.05, 4.69) is 13.2 Å². The molecular formula is C10H18O3Si2. The van der Waals surface area contributed by atoms with Crippen LogP contribution in [0.4, 0.5) is 0 Å². The van der Waals surface area contributed by atoms with E-state index in [-0.39, 0.29) is 11.7 Å². The van der Waals surface area contributed by atoms with Crippen molar-refractivity contribution in [3.8, 4) is 0 Å². The molecule has 0 N–H and O–H groups in total. The largest absolute Gasteiger partial charge is 0.460 e. The van der Waals surface area contributed by atoms with Crippen molar-refractivity contribution in [1.29, 1.82) is 0 Å². The number of hydrogen-bond acceptors (Lipinski definition) is 3. The SMILES string of the molecule is C=CC(=O)OC(C=C)[SiH2][SiH]1CCCCO1. The van der Waals surface area contributed by atoms with Gasteiger partial charge >= 0.3 is 5.97 Å². The van der Waals surface area contributed by atoms with Gasteiger partial charge in [-0.05, 0) is 12.5 Å². The summed E-state index contributed by atoms with van der Waals surface area (Å²) in [5, 5.41) is 0. The van der Waals surface area contributed by atoms with Crippen molar-refractivity contribution in [2.75, 3.05) is 6.61 Å². The van der Waals surface area contributed by atoms with E-state index in [0.29, 0.717) is 0 Å². The Bertz CT molecular complexity index is 237. The molecular weight excluding hydrogens is 224 g/mol. The first-order valence-corrected chi connectivity index (χ1v) is 10.7. The Balaban J connectivity index is 2.34. The van der Waals surface area contributed by atoms with Crippen LogP contribution in [0.2, 0.25) is 6.04 Å². The van der Waals surface area contributed by atoms with Gasteiger partial charge in [0, 0.05) is 12.7 Å². The Morgan fingerprint density at radius 2 is 2.33 bits per heavy atom. The number of esters is 1. The monoisotopic (exact) mass is 242 g/mol. The molecule has 0 bridgehead atoms. The van der Waals surface area contributed by atoms with Crippen LogP contribution in [0.1, 0.15) is 12.8 Å². The van der Waals surface area contributed by atoms with Gasteiger partial charge in [-0.1, -0.05) is 25.7 Å². The highest BCUT2D eigenvalue weighted by molar-refractivity contribution is 7.09. The summed E-state index contributed by atoms with van der Waals surface area (Å²) in [5.41, 5.74) is -0.0646. The summed E-state index contributed by atoms with van der Waals surface area (Å²) in [4.78, 5) is 11.0. The molecule has 1 fully saturated rings. The fourth-order valence-electron chi connectivity index (χ4n) is 1.64. The molecule has 0 aromatic rings. The van der Waals surface area contributed by atoms with Crippen LogP contribution in [0.3, 0.4) is 0 Å². The van der Waals surface area contributed by atoms with Gasteiger partial charge in [-0.3, -0.25) is 0 Å². The first-order chi connectivity index (χ1) is 7.26. The Morgan fingerprint density at radius 1 is 1.53 bits per heavy atom. The predicted octanol–water partition coefficient (Wildman–Crippen LogP) is 0.427. The van der Waals surface area contributed by atoms with E-state index in [1.165, 1.54) is 25.0 Å². The molecule has 0 radical (unpaired) electrons. The normalized spacial score (nSPS) is 23.6. The smallest absolute Gasteiger partial charge is 0.330 e. The number of ether oxygens (including phenoxy) is 1. The summed E-state index contributed by atoms with van der Waals surface area (Å²) < 4.78 is 11.0. The van der Waals surface area contributed by atoms with Crippen LogP contribution in [0.15, 0.2) is 25.3 Å². The highest BCUT2D eigenvalue weighted by atomic mass is 29.2. The van der Waals surface area contributed by atoms with Crippen molar-refractivity contribution in [3.63, 3.8) is 0 Å². The quantitative estimate of drug-likeness (QED) is 0.303. The standard InChI is InChI=1S/C10H18O3Si2/c1-3-9(11)13-10(4-2)14-15-8-6-5-7-12-15/h3-4,10,15H,1-2,5-8,14H2. The van der Waals surface area contributed by atoms with Crippen LogP contribution in [-0.4, -0.2) is 35.9 Å². The average molecular weight is 242 g/mol. The van der Waals surface area contributed by atoms with Crippen molar-refractivity contribution in [3.05, 3.63) is 25.3 Å². The maximum atomic E-state index is 11.0. The molecule has 1 rings (SSSR count). The molecule has 1 aliphatic rings. The van der Waals surface area contributed by atoms with Gasteiger partial charge in [0.15, 0.2) is 8.56 Å². The molecule has 2 unspecified atom stereocenters. The first-order valence-electron chi connectivity index (χ1n) is 5.33. The Hall–Kier alpha value is -0.656. The third-order valence-corrected chi connectivity index (χ3v) is 10.6. The van der Waals surface area contributed by atoms with Crippen LogP contribution >= 0.6 is 0 Å². The Morgan fingerprint density at radius 3 is 2.87 bits per heavy atom. The number of rotatable bonds is 5. The zero-order valence-electron chi connectivity index (χ0n) is 8.98. The van der Waals surface area contributed by atoms with E-state index in [1.807, 2.05) is 0 Å². The van der Waals surface area contributed by atoms with E-state index < -0.39 is 17.6 Å². The number of hydrogen-bond donors (Lipinski definition) is 0. The maximum absolute atomic E-state index is 11.0. The molecule has 2 atom stereocenters. The van der Waals surface area contributed by atoms with Crippen LogP contribution < -0.4 is 0 Å². The van der Waals surface area contributed by atoms with E-state index in [9.17, 15) is 4.79 Å².